The summed E-state index contributed by atoms with van der Waals surface area (Å²) < 4.78 is 32.5. The molecule has 2 aliphatic heterocycles. The highest BCUT2D eigenvalue weighted by atomic mass is 32.2. The number of nitrogens with zero attached hydrogens (tertiary/aromatic N) is 6. The highest BCUT2D eigenvalue weighted by Gasteiger charge is 2.37. The molecule has 0 amide bonds. The molecule has 238 valence electrons. The molecule has 45 heavy (non-hydrogen) atoms. The predicted molar refractivity (Wildman–Crippen MR) is 180 cm³/mol. The maximum absolute atomic E-state index is 15.9. The zero-order valence-corrected chi connectivity index (χ0v) is 27.2. The van der Waals surface area contributed by atoms with Crippen molar-refractivity contribution in [3.05, 3.63) is 65.9 Å². The van der Waals surface area contributed by atoms with Crippen LogP contribution >= 0.6 is 0 Å². The monoisotopic (exact) mass is 629 g/mol. The lowest BCUT2D eigenvalue weighted by Crippen LogP contribution is -2.46. The first kappa shape index (κ1) is 30.1. The summed E-state index contributed by atoms with van der Waals surface area (Å²) in [5.41, 5.74) is 3.64. The summed E-state index contributed by atoms with van der Waals surface area (Å²) in [6, 6.07) is 14.0. The maximum atomic E-state index is 15.9. The van der Waals surface area contributed by atoms with Crippen LogP contribution in [0.3, 0.4) is 0 Å². The van der Waals surface area contributed by atoms with E-state index in [0.29, 0.717) is 39.6 Å². The Morgan fingerprint density at radius 3 is 2.36 bits per heavy atom. The third-order valence-corrected chi connectivity index (χ3v) is 10.7. The van der Waals surface area contributed by atoms with Gasteiger partial charge in [-0.25, -0.2) is 24.9 Å². The van der Waals surface area contributed by atoms with Gasteiger partial charge in [0.15, 0.2) is 11.5 Å². The fourth-order valence-electron chi connectivity index (χ4n) is 7.01. The normalized spacial score (nSPS) is 19.1. The standard InChI is InChI=1S/C34H42FN8OS/c1-33(2,40-45(4)44)27-6-5-7-28(38-27)43-30(23-8-9-23)29(35)26-22-36-32(39-31(26)43)37-24-10-12-25(13-11-24)42-20-16-34(17-21-42)14-18-41(3)19-15-34/h5-7,10-13,22-23H,4,8-9,14-21H2,1-3H3,(H,40,44)(H,36,37,39)/q-1. The molecule has 2 N–H and O–H groups in total. The smallest absolute Gasteiger partial charge is 0.229 e. The number of aromatic nitrogens is 4. The molecular weight excluding hydrogens is 587 g/mol. The van der Waals surface area contributed by atoms with Gasteiger partial charge in [-0.05, 0) is 114 Å². The van der Waals surface area contributed by atoms with E-state index in [2.05, 4.69) is 62.0 Å². The molecule has 3 aliphatic rings. The van der Waals surface area contributed by atoms with Crippen molar-refractivity contribution in [3.63, 3.8) is 0 Å². The Morgan fingerprint density at radius 2 is 1.69 bits per heavy atom. The van der Waals surface area contributed by atoms with E-state index in [1.165, 1.54) is 44.5 Å². The first-order chi connectivity index (χ1) is 21.6. The van der Waals surface area contributed by atoms with Crippen LogP contribution in [-0.2, 0) is 20.3 Å². The molecule has 11 heteroatoms. The third kappa shape index (κ3) is 6.05. The number of hydrogen-bond donors (Lipinski definition) is 2. The fourth-order valence-corrected chi connectivity index (χ4v) is 7.68. The molecule has 0 unspecified atom stereocenters. The van der Waals surface area contributed by atoms with Gasteiger partial charge in [0.1, 0.15) is 5.82 Å². The molecule has 1 aliphatic carbocycles. The van der Waals surface area contributed by atoms with Crippen LogP contribution in [0.2, 0.25) is 0 Å². The summed E-state index contributed by atoms with van der Waals surface area (Å²) in [5, 5.41) is 3.70. The lowest BCUT2D eigenvalue weighted by atomic mass is 9.71. The van der Waals surface area contributed by atoms with Gasteiger partial charge in [0.05, 0.1) is 16.8 Å². The molecule has 0 bridgehead atoms. The Labute approximate surface area is 266 Å². The van der Waals surface area contributed by atoms with Crippen molar-refractivity contribution in [2.24, 2.45) is 5.41 Å². The maximum Gasteiger partial charge on any atom is 0.229 e. The number of piperidine rings is 2. The lowest BCUT2D eigenvalue weighted by Gasteiger charge is -2.46. The van der Waals surface area contributed by atoms with Gasteiger partial charge in [-0.2, -0.15) is 10.9 Å². The second-order valence-electron chi connectivity index (χ2n) is 13.7. The number of rotatable bonds is 8. The minimum absolute atomic E-state index is 0.108. The van der Waals surface area contributed by atoms with Crippen LogP contribution in [0.25, 0.3) is 16.9 Å². The Balaban J connectivity index is 1.13. The van der Waals surface area contributed by atoms with Crippen LogP contribution in [0.5, 0.6) is 0 Å². The summed E-state index contributed by atoms with van der Waals surface area (Å²) in [6.07, 6.45) is 8.54. The number of pyridine rings is 1. The first-order valence-electron chi connectivity index (χ1n) is 16.0. The second kappa shape index (κ2) is 11.7. The van der Waals surface area contributed by atoms with Crippen molar-refractivity contribution >= 4 is 44.8 Å². The first-order valence-corrected chi connectivity index (χ1v) is 17.3. The van der Waals surface area contributed by atoms with Crippen molar-refractivity contribution in [3.8, 4) is 5.82 Å². The van der Waals surface area contributed by atoms with Gasteiger partial charge in [0, 0.05) is 42.1 Å². The van der Waals surface area contributed by atoms with E-state index >= 15 is 4.39 Å². The van der Waals surface area contributed by atoms with Crippen molar-refractivity contribution in [1.82, 2.24) is 29.1 Å². The molecule has 2 saturated heterocycles. The molecule has 9 nitrogen and oxygen atoms in total. The molecule has 1 saturated carbocycles. The van der Waals surface area contributed by atoms with Crippen molar-refractivity contribution in [1.29, 1.82) is 0 Å². The number of nitrogens with one attached hydrogen (secondary N) is 2. The van der Waals surface area contributed by atoms with Crippen LogP contribution in [0.15, 0.2) is 48.7 Å². The molecule has 1 spiro atoms. The highest BCUT2D eigenvalue weighted by molar-refractivity contribution is 7.80. The number of anilines is 3. The van der Waals surface area contributed by atoms with Crippen LogP contribution in [0, 0.1) is 11.2 Å². The quantitative estimate of drug-likeness (QED) is 0.182. The number of halogens is 1. The predicted octanol–water partition coefficient (Wildman–Crippen LogP) is 6.02. The van der Waals surface area contributed by atoms with Gasteiger partial charge in [-0.15, -0.1) is 0 Å². The molecule has 4 aromatic rings. The van der Waals surface area contributed by atoms with Gasteiger partial charge in [0.2, 0.25) is 5.95 Å². The van der Waals surface area contributed by atoms with E-state index in [1.54, 1.807) is 6.20 Å². The summed E-state index contributed by atoms with van der Waals surface area (Å²) in [5.74, 6) is 4.33. The zero-order valence-electron chi connectivity index (χ0n) is 26.4. The fraction of sp³-hybridized carbons (Fsp3) is 0.471. The number of likely N-dealkylation sites (tertiary alicyclic amines) is 1. The Morgan fingerprint density at radius 1 is 1.00 bits per heavy atom. The minimum Gasteiger partial charge on any atom is -0.448 e. The summed E-state index contributed by atoms with van der Waals surface area (Å²) in [6.45, 7) is 8.41. The van der Waals surface area contributed by atoms with Gasteiger partial charge < -0.3 is 24.0 Å². The average molecular weight is 630 g/mol. The van der Waals surface area contributed by atoms with Gasteiger partial charge in [-0.3, -0.25) is 4.57 Å². The Bertz CT molecular complexity index is 1770. The Hall–Kier alpha value is -3.54. The molecule has 3 aromatic heterocycles. The zero-order chi connectivity index (χ0) is 31.3. The second-order valence-corrected chi connectivity index (χ2v) is 14.6. The SMILES string of the molecule is C=[S-](=O)NC(C)(C)c1cccc(-n2c(C3CC3)c(F)c3cnc(Nc4ccc(N5CCC6(CCN(C)CC6)CC5)cc4)nc32)n1. The van der Waals surface area contributed by atoms with Crippen molar-refractivity contribution < 1.29 is 8.60 Å². The molecular formula is C34H42FN8OS-. The van der Waals surface area contributed by atoms with Crippen LogP contribution in [0.1, 0.15) is 69.7 Å². The van der Waals surface area contributed by atoms with E-state index in [9.17, 15) is 4.21 Å². The van der Waals surface area contributed by atoms with Gasteiger partial charge in [0.25, 0.3) is 0 Å². The summed E-state index contributed by atoms with van der Waals surface area (Å²) >= 11 is 0. The van der Waals surface area contributed by atoms with Gasteiger partial charge in [-0.1, -0.05) is 6.07 Å². The molecule has 5 heterocycles. The molecule has 7 rings (SSSR count). The topological polar surface area (TPSA) is 91.2 Å². The number of fused-ring (bicyclic) bond motifs is 1. The number of hydrogen-bond acceptors (Lipinski definition) is 8. The highest BCUT2D eigenvalue weighted by Crippen LogP contribution is 2.45. The van der Waals surface area contributed by atoms with E-state index in [0.717, 1.165) is 31.6 Å². The van der Waals surface area contributed by atoms with Crippen molar-refractivity contribution in [2.75, 3.05) is 43.4 Å². The van der Waals surface area contributed by atoms with Crippen molar-refractivity contribution in [2.45, 2.75) is 63.8 Å². The van der Waals surface area contributed by atoms with E-state index in [4.69, 9.17) is 9.97 Å². The minimum atomic E-state index is -1.48. The summed E-state index contributed by atoms with van der Waals surface area (Å²) in [7, 11) is 0.755. The third-order valence-electron chi connectivity index (χ3n) is 9.98. The van der Waals surface area contributed by atoms with E-state index in [1.807, 2.05) is 36.6 Å². The molecule has 0 atom stereocenters. The van der Waals surface area contributed by atoms with Crippen LogP contribution < -0.4 is 14.9 Å². The Kier molecular flexibility index (Phi) is 7.82. The largest absolute Gasteiger partial charge is 0.448 e. The average Bonchev–Trinajstić information content (AvgIpc) is 3.82. The molecule has 0 radical (unpaired) electrons. The van der Waals surface area contributed by atoms with Crippen LogP contribution in [0.4, 0.5) is 21.7 Å². The van der Waals surface area contributed by atoms with Gasteiger partial charge >= 0.3 is 0 Å². The lowest BCUT2D eigenvalue weighted by molar-refractivity contribution is 0.0945. The van der Waals surface area contributed by atoms with Crippen LogP contribution in [-0.4, -0.2) is 63.5 Å². The number of benzene rings is 1. The molecule has 1 aromatic carbocycles. The van der Waals surface area contributed by atoms with E-state index < -0.39 is 16.1 Å². The van der Waals surface area contributed by atoms with E-state index in [-0.39, 0.29) is 11.7 Å². The summed E-state index contributed by atoms with van der Waals surface area (Å²) in [4.78, 5) is 19.1. The molecule has 3 fully saturated rings.